The maximum atomic E-state index is 13.5. The molecule has 0 radical (unpaired) electrons. The molecule has 3 nitrogen and oxygen atoms in total. The van der Waals surface area contributed by atoms with Gasteiger partial charge < -0.3 is 9.33 Å². The molecule has 2 aromatic rings. The van der Waals surface area contributed by atoms with E-state index < -0.39 is 13.9 Å². The fraction of sp³-hybridized carbons (Fsp3) is 0.500. The zero-order chi connectivity index (χ0) is 21.8. The fourth-order valence-corrected chi connectivity index (χ4v) is 6.43. The quantitative estimate of drug-likeness (QED) is 0.384. The Balaban J connectivity index is 2.02. The average Bonchev–Trinajstić information content (AvgIpc) is 3.06. The van der Waals surface area contributed by atoms with Crippen LogP contribution in [0, 0.1) is 0 Å². The molecule has 1 aromatic heterocycles. The second kappa shape index (κ2) is 7.79. The van der Waals surface area contributed by atoms with Gasteiger partial charge in [0.05, 0.1) is 27.5 Å². The molecular weight excluding hydrogens is 486 g/mol. The number of benzene rings is 1. The molecule has 1 atom stereocenters. The van der Waals surface area contributed by atoms with Crippen molar-refractivity contribution in [3.8, 4) is 0 Å². The van der Waals surface area contributed by atoms with Crippen LogP contribution in [0.3, 0.4) is 0 Å². The molecule has 2 heterocycles. The summed E-state index contributed by atoms with van der Waals surface area (Å²) < 4.78 is 7.59. The minimum absolute atomic E-state index is 0.0516. The molecule has 0 N–H and O–H groups in total. The SMILES string of the molecule is CC1(C)c2sc(Br)cc2C(=O)N1[C@H](CO[Si](C)(C)C(C)(C)C)c1cccc(Cl)c1. The Bertz CT molecular complexity index is 935. The number of rotatable bonds is 5. The third-order valence-corrected chi connectivity index (χ3v) is 12.9. The van der Waals surface area contributed by atoms with Crippen LogP contribution in [0.1, 0.15) is 61.5 Å². The Kier molecular flexibility index (Phi) is 6.18. The molecule has 0 aliphatic carbocycles. The molecule has 0 unspecified atom stereocenters. The average molecular weight is 515 g/mol. The highest BCUT2D eigenvalue weighted by Gasteiger charge is 2.49. The zero-order valence-corrected chi connectivity index (χ0v) is 22.3. The van der Waals surface area contributed by atoms with E-state index in [4.69, 9.17) is 16.0 Å². The van der Waals surface area contributed by atoms with Gasteiger partial charge in [0.2, 0.25) is 0 Å². The maximum Gasteiger partial charge on any atom is 0.256 e. The summed E-state index contributed by atoms with van der Waals surface area (Å²) in [5.41, 5.74) is 1.37. The van der Waals surface area contributed by atoms with Crippen molar-refractivity contribution in [1.82, 2.24) is 4.90 Å². The van der Waals surface area contributed by atoms with E-state index in [1.54, 1.807) is 11.3 Å². The Morgan fingerprint density at radius 3 is 2.48 bits per heavy atom. The second-order valence-electron chi connectivity index (χ2n) is 9.67. The van der Waals surface area contributed by atoms with Crippen LogP contribution in [0.2, 0.25) is 23.2 Å². The van der Waals surface area contributed by atoms with Crippen molar-refractivity contribution in [2.75, 3.05) is 6.61 Å². The predicted molar refractivity (Wildman–Crippen MR) is 129 cm³/mol. The highest BCUT2D eigenvalue weighted by atomic mass is 79.9. The van der Waals surface area contributed by atoms with Gasteiger partial charge in [0, 0.05) is 9.90 Å². The molecule has 0 saturated heterocycles. The van der Waals surface area contributed by atoms with Crippen molar-refractivity contribution in [2.45, 2.75) is 64.3 Å². The van der Waals surface area contributed by atoms with Crippen LogP contribution in [0.25, 0.3) is 0 Å². The Hall–Kier alpha value is -0.663. The number of carbonyl (C=O) groups excluding carboxylic acids is 1. The number of halogens is 2. The van der Waals surface area contributed by atoms with Gasteiger partial charge >= 0.3 is 0 Å². The molecule has 1 aliphatic heterocycles. The number of thiophene rings is 1. The van der Waals surface area contributed by atoms with Crippen molar-refractivity contribution in [2.24, 2.45) is 0 Å². The first-order chi connectivity index (χ1) is 13.3. The van der Waals surface area contributed by atoms with Crippen molar-refractivity contribution in [3.63, 3.8) is 0 Å². The minimum atomic E-state index is -1.98. The van der Waals surface area contributed by atoms with Gasteiger partial charge in [-0.2, -0.15) is 0 Å². The van der Waals surface area contributed by atoms with E-state index in [9.17, 15) is 4.79 Å². The number of nitrogens with zero attached hydrogens (tertiary/aromatic N) is 1. The lowest BCUT2D eigenvalue weighted by molar-refractivity contribution is 0.0353. The second-order valence-corrected chi connectivity index (χ2v) is 17.3. The lowest BCUT2D eigenvalue weighted by Crippen LogP contribution is -2.47. The number of carbonyl (C=O) groups is 1. The standard InChI is InChI=1S/C22H29BrClNO2SSi/c1-21(2,3)29(6,7)27-13-17(14-9-8-10-15(24)11-14)25-20(26)16-12-18(23)28-19(16)22(25,4)5/h8-12,17H,13H2,1-7H3/t17-/m1/s1. The molecule has 1 aromatic carbocycles. The molecule has 158 valence electrons. The van der Waals surface area contributed by atoms with Gasteiger partial charge in [-0.25, -0.2) is 0 Å². The molecular formula is C22H29BrClNO2SSi. The van der Waals surface area contributed by atoms with Crippen LogP contribution >= 0.6 is 38.9 Å². The van der Waals surface area contributed by atoms with Crippen molar-refractivity contribution in [3.05, 3.63) is 55.1 Å². The van der Waals surface area contributed by atoms with E-state index in [-0.39, 0.29) is 17.0 Å². The first kappa shape index (κ1) is 23.0. The van der Waals surface area contributed by atoms with Gasteiger partial charge in [0.15, 0.2) is 8.32 Å². The lowest BCUT2D eigenvalue weighted by atomic mass is 9.98. The van der Waals surface area contributed by atoms with Gasteiger partial charge in [-0.1, -0.05) is 44.5 Å². The first-order valence-electron chi connectivity index (χ1n) is 9.78. The highest BCUT2D eigenvalue weighted by Crippen LogP contribution is 2.49. The first-order valence-corrected chi connectivity index (χ1v) is 14.7. The minimum Gasteiger partial charge on any atom is -0.414 e. The van der Waals surface area contributed by atoms with E-state index >= 15 is 0 Å². The van der Waals surface area contributed by atoms with Gasteiger partial charge in [-0.05, 0) is 71.7 Å². The van der Waals surface area contributed by atoms with Gasteiger partial charge in [-0.15, -0.1) is 11.3 Å². The number of fused-ring (bicyclic) bond motifs is 1. The summed E-state index contributed by atoms with van der Waals surface area (Å²) in [6.45, 7) is 15.9. The fourth-order valence-electron chi connectivity index (χ4n) is 3.54. The summed E-state index contributed by atoms with van der Waals surface area (Å²) in [6, 6.07) is 9.53. The number of hydrogen-bond donors (Lipinski definition) is 0. The van der Waals surface area contributed by atoms with Crippen LogP contribution in [0.4, 0.5) is 0 Å². The van der Waals surface area contributed by atoms with E-state index in [1.165, 1.54) is 0 Å². The summed E-state index contributed by atoms with van der Waals surface area (Å²) in [6.07, 6.45) is 0. The third kappa shape index (κ3) is 4.24. The molecule has 0 spiro atoms. The maximum absolute atomic E-state index is 13.5. The van der Waals surface area contributed by atoms with Crippen molar-refractivity contribution < 1.29 is 9.22 Å². The van der Waals surface area contributed by atoms with Crippen LogP contribution in [0.15, 0.2) is 34.1 Å². The summed E-state index contributed by atoms with van der Waals surface area (Å²) >= 11 is 11.5. The zero-order valence-electron chi connectivity index (χ0n) is 18.1. The summed E-state index contributed by atoms with van der Waals surface area (Å²) in [4.78, 5) is 16.6. The topological polar surface area (TPSA) is 29.5 Å². The van der Waals surface area contributed by atoms with Crippen LogP contribution in [0.5, 0.6) is 0 Å². The van der Waals surface area contributed by atoms with Crippen LogP contribution in [-0.2, 0) is 9.96 Å². The molecule has 29 heavy (non-hydrogen) atoms. The summed E-state index contributed by atoms with van der Waals surface area (Å²) in [5, 5.41) is 0.765. The van der Waals surface area contributed by atoms with Crippen molar-refractivity contribution >= 4 is 53.1 Å². The van der Waals surface area contributed by atoms with Crippen molar-refractivity contribution in [1.29, 1.82) is 0 Å². The highest BCUT2D eigenvalue weighted by molar-refractivity contribution is 9.11. The summed E-state index contributed by atoms with van der Waals surface area (Å²) in [5.74, 6) is 0.0516. The molecule has 0 bridgehead atoms. The van der Waals surface area contributed by atoms with Crippen LogP contribution in [-0.4, -0.2) is 25.7 Å². The van der Waals surface area contributed by atoms with E-state index in [0.717, 1.165) is 19.8 Å². The molecule has 7 heteroatoms. The molecule has 3 rings (SSSR count). The lowest BCUT2D eigenvalue weighted by Gasteiger charge is -2.42. The van der Waals surface area contributed by atoms with E-state index in [2.05, 4.69) is 63.6 Å². The Morgan fingerprint density at radius 2 is 1.93 bits per heavy atom. The van der Waals surface area contributed by atoms with Crippen LogP contribution < -0.4 is 0 Å². The summed E-state index contributed by atoms with van der Waals surface area (Å²) in [7, 11) is -1.98. The monoisotopic (exact) mass is 513 g/mol. The third-order valence-electron chi connectivity index (χ3n) is 6.26. The normalized spacial score (nSPS) is 17.6. The molecule has 1 amide bonds. The Morgan fingerprint density at radius 1 is 1.28 bits per heavy atom. The van der Waals surface area contributed by atoms with Gasteiger partial charge in [-0.3, -0.25) is 4.79 Å². The Labute approximate surface area is 192 Å². The molecule has 0 fully saturated rings. The molecule has 0 saturated carbocycles. The number of hydrogen-bond acceptors (Lipinski definition) is 3. The smallest absolute Gasteiger partial charge is 0.256 e. The van der Waals surface area contributed by atoms with Gasteiger partial charge in [0.25, 0.3) is 5.91 Å². The number of amides is 1. The largest absolute Gasteiger partial charge is 0.414 e. The van der Waals surface area contributed by atoms with E-state index in [0.29, 0.717) is 11.6 Å². The van der Waals surface area contributed by atoms with E-state index in [1.807, 2.05) is 35.2 Å². The predicted octanol–water partition coefficient (Wildman–Crippen LogP) is 7.62. The van der Waals surface area contributed by atoms with Gasteiger partial charge in [0.1, 0.15) is 0 Å². The molecule has 1 aliphatic rings.